The molecule has 37 heavy (non-hydrogen) atoms. The van der Waals surface area contributed by atoms with Crippen LogP contribution in [0.3, 0.4) is 0 Å². The van der Waals surface area contributed by atoms with Gasteiger partial charge in [0, 0.05) is 38.9 Å². The van der Waals surface area contributed by atoms with Crippen molar-refractivity contribution in [2.45, 2.75) is 13.8 Å². The zero-order chi connectivity index (χ0) is 26.1. The third-order valence-corrected chi connectivity index (χ3v) is 7.83. The molecule has 2 aliphatic rings. The predicted molar refractivity (Wildman–Crippen MR) is 154 cm³/mol. The van der Waals surface area contributed by atoms with Gasteiger partial charge in [0.25, 0.3) is 11.5 Å². The molecule has 5 rings (SSSR count). The van der Waals surface area contributed by atoms with Gasteiger partial charge in [-0.05, 0) is 36.3 Å². The van der Waals surface area contributed by atoms with Gasteiger partial charge in [0.15, 0.2) is 0 Å². The standard InChI is InChI=1S/C27H29N5O3S2/c1-18(2)17-32-26(34)22(37-27(32)36)16-19-24(28-23-10-6-7-11-31(23)25(19)33)30-14-12-29(13-15-30)20-8-4-5-9-21(20)35-3/h4-11,16,18H,12-15,17H2,1-3H3. The summed E-state index contributed by atoms with van der Waals surface area (Å²) >= 11 is 6.72. The molecule has 2 aromatic heterocycles. The fourth-order valence-electron chi connectivity index (χ4n) is 4.66. The molecule has 0 atom stereocenters. The van der Waals surface area contributed by atoms with Gasteiger partial charge in [0.05, 0.1) is 23.3 Å². The molecule has 0 spiro atoms. The van der Waals surface area contributed by atoms with E-state index in [2.05, 4.69) is 15.9 Å². The first-order valence-corrected chi connectivity index (χ1v) is 13.5. The fourth-order valence-corrected chi connectivity index (χ4v) is 5.92. The summed E-state index contributed by atoms with van der Waals surface area (Å²) in [6.45, 7) is 7.47. The van der Waals surface area contributed by atoms with Gasteiger partial charge in [-0.15, -0.1) is 0 Å². The van der Waals surface area contributed by atoms with Crippen LogP contribution in [0, 0.1) is 5.92 Å². The summed E-state index contributed by atoms with van der Waals surface area (Å²) in [7, 11) is 1.68. The van der Waals surface area contributed by atoms with E-state index in [1.807, 2.05) is 44.2 Å². The molecule has 2 aliphatic heterocycles. The highest BCUT2D eigenvalue weighted by molar-refractivity contribution is 8.26. The van der Waals surface area contributed by atoms with Crippen molar-refractivity contribution in [3.05, 3.63) is 69.5 Å². The average Bonchev–Trinajstić information content (AvgIpc) is 3.17. The summed E-state index contributed by atoms with van der Waals surface area (Å²) in [6.07, 6.45) is 3.38. The second kappa shape index (κ2) is 10.5. The molecule has 10 heteroatoms. The third kappa shape index (κ3) is 4.95. The number of amides is 1. The summed E-state index contributed by atoms with van der Waals surface area (Å²) in [5, 5.41) is 0. The van der Waals surface area contributed by atoms with E-state index in [-0.39, 0.29) is 17.4 Å². The Morgan fingerprint density at radius 3 is 2.49 bits per heavy atom. The first-order chi connectivity index (χ1) is 17.9. The van der Waals surface area contributed by atoms with E-state index in [0.29, 0.717) is 45.9 Å². The maximum Gasteiger partial charge on any atom is 0.267 e. The van der Waals surface area contributed by atoms with Crippen molar-refractivity contribution in [2.24, 2.45) is 5.92 Å². The number of thiocarbonyl (C=S) groups is 1. The second-order valence-corrected chi connectivity index (χ2v) is 11.1. The predicted octanol–water partition coefficient (Wildman–Crippen LogP) is 3.89. The van der Waals surface area contributed by atoms with Crippen molar-refractivity contribution in [1.29, 1.82) is 0 Å². The Morgan fingerprint density at radius 2 is 1.76 bits per heavy atom. The van der Waals surface area contributed by atoms with Gasteiger partial charge < -0.3 is 14.5 Å². The minimum Gasteiger partial charge on any atom is -0.495 e. The number of hydrogen-bond donors (Lipinski definition) is 0. The molecule has 0 unspecified atom stereocenters. The number of pyridine rings is 1. The monoisotopic (exact) mass is 535 g/mol. The van der Waals surface area contributed by atoms with Crippen LogP contribution in [-0.4, -0.2) is 64.3 Å². The highest BCUT2D eigenvalue weighted by atomic mass is 32.2. The number of nitrogens with zero attached hydrogens (tertiary/aromatic N) is 5. The summed E-state index contributed by atoms with van der Waals surface area (Å²) in [6, 6.07) is 13.5. The Balaban J connectivity index is 1.50. The summed E-state index contributed by atoms with van der Waals surface area (Å²) in [5.41, 5.74) is 1.81. The van der Waals surface area contributed by atoms with Gasteiger partial charge >= 0.3 is 0 Å². The Bertz CT molecular complexity index is 1440. The lowest BCUT2D eigenvalue weighted by Crippen LogP contribution is -2.47. The number of benzene rings is 1. The molecule has 3 aromatic rings. The van der Waals surface area contributed by atoms with Crippen molar-refractivity contribution >= 4 is 57.4 Å². The Labute approximate surface area is 225 Å². The van der Waals surface area contributed by atoms with E-state index < -0.39 is 0 Å². The first kappa shape index (κ1) is 25.3. The van der Waals surface area contributed by atoms with Crippen LogP contribution in [0.4, 0.5) is 11.5 Å². The summed E-state index contributed by atoms with van der Waals surface area (Å²) in [4.78, 5) is 38.2. The number of ether oxygens (including phenoxy) is 1. The topological polar surface area (TPSA) is 70.4 Å². The number of methoxy groups -OCH3 is 1. The molecule has 2 fully saturated rings. The number of carbonyl (C=O) groups excluding carboxylic acids is 1. The molecule has 2 saturated heterocycles. The first-order valence-electron chi connectivity index (χ1n) is 12.3. The SMILES string of the molecule is COc1ccccc1N1CCN(c2nc3ccccn3c(=O)c2C=C2SC(=S)N(CC(C)C)C2=O)CC1. The lowest BCUT2D eigenvalue weighted by atomic mass is 10.2. The number of anilines is 2. The van der Waals surface area contributed by atoms with Crippen LogP contribution in [0.15, 0.2) is 58.4 Å². The van der Waals surface area contributed by atoms with Crippen LogP contribution >= 0.6 is 24.0 Å². The van der Waals surface area contributed by atoms with Gasteiger partial charge in [-0.25, -0.2) is 4.98 Å². The van der Waals surface area contributed by atoms with E-state index in [0.717, 1.165) is 24.5 Å². The molecular formula is C27H29N5O3S2. The second-order valence-electron chi connectivity index (χ2n) is 9.42. The van der Waals surface area contributed by atoms with Gasteiger partial charge in [-0.2, -0.15) is 0 Å². The third-order valence-electron chi connectivity index (χ3n) is 6.45. The molecule has 0 radical (unpaired) electrons. The van der Waals surface area contributed by atoms with Gasteiger partial charge in [-0.3, -0.25) is 18.9 Å². The molecular weight excluding hydrogens is 506 g/mol. The number of para-hydroxylation sites is 2. The maximum absolute atomic E-state index is 13.7. The number of hydrogen-bond acceptors (Lipinski definition) is 8. The van der Waals surface area contributed by atoms with Crippen molar-refractivity contribution in [3.8, 4) is 5.75 Å². The maximum atomic E-state index is 13.7. The van der Waals surface area contributed by atoms with Crippen LogP contribution in [-0.2, 0) is 4.79 Å². The van der Waals surface area contributed by atoms with E-state index in [1.54, 1.807) is 30.3 Å². The molecule has 0 saturated carbocycles. The van der Waals surface area contributed by atoms with Crippen LogP contribution < -0.4 is 20.1 Å². The number of fused-ring (bicyclic) bond motifs is 1. The van der Waals surface area contributed by atoms with Crippen LogP contribution in [0.2, 0.25) is 0 Å². The number of rotatable bonds is 6. The Hall–Kier alpha value is -3.37. The van der Waals surface area contributed by atoms with E-state index in [1.165, 1.54) is 16.2 Å². The molecule has 0 aliphatic carbocycles. The summed E-state index contributed by atoms with van der Waals surface area (Å²) in [5.74, 6) is 1.55. The van der Waals surface area contributed by atoms with Gasteiger partial charge in [-0.1, -0.05) is 56.0 Å². The Morgan fingerprint density at radius 1 is 1.05 bits per heavy atom. The van der Waals surface area contributed by atoms with E-state index >= 15 is 0 Å². The fraction of sp³-hybridized carbons (Fsp3) is 0.333. The average molecular weight is 536 g/mol. The minimum atomic E-state index is -0.207. The van der Waals surface area contributed by atoms with Crippen LogP contribution in [0.5, 0.6) is 5.75 Å². The Kier molecular flexibility index (Phi) is 7.21. The largest absolute Gasteiger partial charge is 0.495 e. The van der Waals surface area contributed by atoms with Crippen molar-refractivity contribution < 1.29 is 9.53 Å². The lowest BCUT2D eigenvalue weighted by Gasteiger charge is -2.37. The number of carbonyl (C=O) groups is 1. The van der Waals surface area contributed by atoms with Gasteiger partial charge in [0.2, 0.25) is 0 Å². The lowest BCUT2D eigenvalue weighted by molar-refractivity contribution is -0.122. The highest BCUT2D eigenvalue weighted by Crippen LogP contribution is 2.34. The molecule has 1 amide bonds. The number of piperazine rings is 1. The minimum absolute atomic E-state index is 0.159. The van der Waals surface area contributed by atoms with Crippen molar-refractivity contribution in [1.82, 2.24) is 14.3 Å². The molecule has 8 nitrogen and oxygen atoms in total. The van der Waals surface area contributed by atoms with Crippen molar-refractivity contribution in [2.75, 3.05) is 49.6 Å². The number of aromatic nitrogens is 2. The summed E-state index contributed by atoms with van der Waals surface area (Å²) < 4.78 is 7.59. The van der Waals surface area contributed by atoms with E-state index in [9.17, 15) is 9.59 Å². The molecule has 4 heterocycles. The zero-order valence-corrected chi connectivity index (χ0v) is 22.7. The van der Waals surface area contributed by atoms with Gasteiger partial charge in [0.1, 0.15) is 21.5 Å². The van der Waals surface area contributed by atoms with Crippen molar-refractivity contribution in [3.63, 3.8) is 0 Å². The quantitative estimate of drug-likeness (QED) is 0.348. The van der Waals surface area contributed by atoms with Crippen LogP contribution in [0.1, 0.15) is 19.4 Å². The number of thioether (sulfide) groups is 1. The smallest absolute Gasteiger partial charge is 0.267 e. The highest BCUT2D eigenvalue weighted by Gasteiger charge is 2.33. The molecule has 0 N–H and O–H groups in total. The van der Waals surface area contributed by atoms with Crippen LogP contribution in [0.25, 0.3) is 11.7 Å². The molecule has 0 bridgehead atoms. The molecule has 192 valence electrons. The normalized spacial score (nSPS) is 17.5. The van der Waals surface area contributed by atoms with E-state index in [4.69, 9.17) is 21.9 Å². The zero-order valence-electron chi connectivity index (χ0n) is 21.1. The molecule has 1 aromatic carbocycles.